The molecule has 0 aliphatic carbocycles. The molecule has 1 heterocycles. The zero-order valence-corrected chi connectivity index (χ0v) is 7.83. The molecule has 0 radical (unpaired) electrons. The van der Waals surface area contributed by atoms with E-state index in [2.05, 4.69) is 4.98 Å². The van der Waals surface area contributed by atoms with Gasteiger partial charge in [-0.1, -0.05) is 0 Å². The van der Waals surface area contributed by atoms with Crippen LogP contribution in [0.25, 0.3) is 0 Å². The highest BCUT2D eigenvalue weighted by Crippen LogP contribution is 2.11. The second-order valence-electron chi connectivity index (χ2n) is 3.26. The lowest BCUT2D eigenvalue weighted by Gasteiger charge is -2.23. The average Bonchev–Trinajstić information content (AvgIpc) is 2.02. The summed E-state index contributed by atoms with van der Waals surface area (Å²) in [6.07, 6.45) is 2.31. The Morgan fingerprint density at radius 2 is 1.86 bits per heavy atom. The Hall–Kier alpha value is -1.04. The number of hydrogen-bond acceptors (Lipinski definition) is 2. The summed E-state index contributed by atoms with van der Waals surface area (Å²) in [7, 11) is 1.45. The largest absolute Gasteiger partial charge is 0.492 e. The molecule has 0 amide bonds. The van der Waals surface area contributed by atoms with Gasteiger partial charge in [0.1, 0.15) is 0 Å². The van der Waals surface area contributed by atoms with E-state index in [1.165, 1.54) is 11.9 Å². The third kappa shape index (κ3) is 4.27. The number of halogens is 3. The fourth-order valence-corrected chi connectivity index (χ4v) is 1.22. The molecule has 0 aromatic carbocycles. The molecule has 1 rings (SSSR count). The Balaban J connectivity index is 2.46. The van der Waals surface area contributed by atoms with E-state index in [0.717, 1.165) is 5.56 Å². The third-order valence-corrected chi connectivity index (χ3v) is 1.72. The van der Waals surface area contributed by atoms with Gasteiger partial charge in [0, 0.05) is 18.9 Å². The van der Waals surface area contributed by atoms with E-state index >= 15 is 0 Å². The van der Waals surface area contributed by atoms with Crippen LogP contribution < -0.4 is 0 Å². The summed E-state index contributed by atoms with van der Waals surface area (Å²) in [5.41, 5.74) is 0.836. The third-order valence-electron chi connectivity index (χ3n) is 1.72. The molecule has 0 atom stereocenters. The SMILES string of the molecule is CN(Cc1ccncc1)C[B-](F)(F)F. The number of rotatable bonds is 4. The van der Waals surface area contributed by atoms with Gasteiger partial charge in [-0.05, 0) is 31.2 Å². The van der Waals surface area contributed by atoms with Crippen LogP contribution in [0.4, 0.5) is 12.9 Å². The highest BCUT2D eigenvalue weighted by molar-refractivity contribution is 6.58. The molecule has 0 saturated heterocycles. The molecule has 6 heteroatoms. The van der Waals surface area contributed by atoms with Crippen LogP contribution in [-0.2, 0) is 6.54 Å². The number of aromatic nitrogens is 1. The second-order valence-corrected chi connectivity index (χ2v) is 3.26. The van der Waals surface area contributed by atoms with E-state index in [-0.39, 0.29) is 0 Å². The first kappa shape index (κ1) is 11.0. The standard InChI is InChI=1S/C8H11BF3N2/c1-14(7-9(10,11)12)6-8-2-4-13-5-3-8/h2-5H,6-7H2,1H3/q-1. The summed E-state index contributed by atoms with van der Waals surface area (Å²) in [5.74, 6) is 0. The first-order chi connectivity index (χ1) is 6.47. The molecule has 78 valence electrons. The van der Waals surface area contributed by atoms with E-state index in [1.807, 2.05) is 0 Å². The summed E-state index contributed by atoms with van der Waals surface area (Å²) >= 11 is 0. The highest BCUT2D eigenvalue weighted by atomic mass is 19.4. The fourth-order valence-electron chi connectivity index (χ4n) is 1.22. The van der Waals surface area contributed by atoms with E-state index in [4.69, 9.17) is 0 Å². The molecule has 0 aliphatic rings. The van der Waals surface area contributed by atoms with Gasteiger partial charge in [0.05, 0.1) is 0 Å². The van der Waals surface area contributed by atoms with Crippen LogP contribution in [0.15, 0.2) is 24.5 Å². The average molecular weight is 203 g/mol. The Bertz CT molecular complexity index is 276. The first-order valence-electron chi connectivity index (χ1n) is 4.26. The van der Waals surface area contributed by atoms with Crippen LogP contribution in [0.5, 0.6) is 0 Å². The number of hydrogen-bond donors (Lipinski definition) is 0. The van der Waals surface area contributed by atoms with Gasteiger partial charge in [0.25, 0.3) is 0 Å². The molecular formula is C8H11BF3N2-. The molecule has 0 saturated carbocycles. The molecule has 2 nitrogen and oxygen atoms in total. The molecule has 0 unspecified atom stereocenters. The lowest BCUT2D eigenvalue weighted by Crippen LogP contribution is -2.35. The van der Waals surface area contributed by atoms with Crippen LogP contribution in [0, 0.1) is 0 Å². The molecule has 0 fully saturated rings. The van der Waals surface area contributed by atoms with Crippen LogP contribution in [-0.4, -0.2) is 30.4 Å². The minimum Gasteiger partial charge on any atom is -0.448 e. The van der Waals surface area contributed by atoms with Crippen molar-refractivity contribution < 1.29 is 12.9 Å². The van der Waals surface area contributed by atoms with Crippen molar-refractivity contribution in [3.63, 3.8) is 0 Å². The molecule has 14 heavy (non-hydrogen) atoms. The van der Waals surface area contributed by atoms with E-state index in [0.29, 0.717) is 6.54 Å². The summed E-state index contributed by atoms with van der Waals surface area (Å²) in [4.78, 5) is 5.04. The molecule has 1 aromatic rings. The molecule has 0 spiro atoms. The van der Waals surface area contributed by atoms with Gasteiger partial charge < -0.3 is 17.8 Å². The summed E-state index contributed by atoms with van der Waals surface area (Å²) in [6, 6.07) is 3.42. The Morgan fingerprint density at radius 3 is 2.36 bits per heavy atom. The monoisotopic (exact) mass is 203 g/mol. The topological polar surface area (TPSA) is 16.1 Å². The zero-order valence-electron chi connectivity index (χ0n) is 7.83. The molecule has 0 aliphatic heterocycles. The van der Waals surface area contributed by atoms with E-state index in [1.54, 1.807) is 24.5 Å². The molecular weight excluding hydrogens is 192 g/mol. The van der Waals surface area contributed by atoms with Crippen molar-refractivity contribution in [1.29, 1.82) is 0 Å². The second kappa shape index (κ2) is 4.46. The van der Waals surface area contributed by atoms with Gasteiger partial charge in [-0.2, -0.15) is 0 Å². The highest BCUT2D eigenvalue weighted by Gasteiger charge is 2.24. The summed E-state index contributed by atoms with van der Waals surface area (Å²) in [5, 5.41) is 0. The van der Waals surface area contributed by atoms with Crippen molar-refractivity contribution in [1.82, 2.24) is 9.88 Å². The van der Waals surface area contributed by atoms with Gasteiger partial charge >= 0.3 is 6.98 Å². The maximum atomic E-state index is 12.0. The lowest BCUT2D eigenvalue weighted by molar-refractivity contribution is 0.322. The van der Waals surface area contributed by atoms with Gasteiger partial charge in [0.2, 0.25) is 0 Å². The maximum Gasteiger partial charge on any atom is 0.492 e. The van der Waals surface area contributed by atoms with Crippen LogP contribution in [0.3, 0.4) is 0 Å². The van der Waals surface area contributed by atoms with Crippen LogP contribution in [0.1, 0.15) is 5.56 Å². The number of pyridine rings is 1. The zero-order chi connectivity index (χ0) is 10.6. The summed E-state index contributed by atoms with van der Waals surface area (Å²) < 4.78 is 36.1. The van der Waals surface area contributed by atoms with Gasteiger partial charge in [-0.15, -0.1) is 0 Å². The van der Waals surface area contributed by atoms with Crippen LogP contribution in [0.2, 0.25) is 0 Å². The minimum absolute atomic E-state index is 0.295. The lowest BCUT2D eigenvalue weighted by atomic mass is 9.91. The maximum absolute atomic E-state index is 12.0. The van der Waals surface area contributed by atoms with Crippen LogP contribution >= 0.6 is 0 Å². The van der Waals surface area contributed by atoms with Crippen molar-refractivity contribution >= 4 is 6.98 Å². The van der Waals surface area contributed by atoms with E-state index in [9.17, 15) is 12.9 Å². The quantitative estimate of drug-likeness (QED) is 0.694. The Morgan fingerprint density at radius 1 is 1.29 bits per heavy atom. The van der Waals surface area contributed by atoms with Crippen molar-refractivity contribution in [3.8, 4) is 0 Å². The van der Waals surface area contributed by atoms with Gasteiger partial charge in [-0.3, -0.25) is 4.98 Å². The minimum atomic E-state index is -4.73. The van der Waals surface area contributed by atoms with Crippen molar-refractivity contribution in [2.75, 3.05) is 13.5 Å². The van der Waals surface area contributed by atoms with Gasteiger partial charge in [-0.25, -0.2) is 0 Å². The van der Waals surface area contributed by atoms with Crippen molar-refractivity contribution in [3.05, 3.63) is 30.1 Å². The number of nitrogens with zero attached hydrogens (tertiary/aromatic N) is 2. The van der Waals surface area contributed by atoms with E-state index < -0.39 is 13.4 Å². The fraction of sp³-hybridized carbons (Fsp3) is 0.375. The van der Waals surface area contributed by atoms with Gasteiger partial charge in [0.15, 0.2) is 0 Å². The predicted octanol–water partition coefficient (Wildman–Crippen LogP) is 1.90. The molecule has 0 N–H and O–H groups in total. The summed E-state index contributed by atoms with van der Waals surface area (Å²) in [6.45, 7) is -4.44. The van der Waals surface area contributed by atoms with Crippen molar-refractivity contribution in [2.24, 2.45) is 0 Å². The normalized spacial score (nSPS) is 12.1. The molecule has 0 bridgehead atoms. The van der Waals surface area contributed by atoms with Crippen molar-refractivity contribution in [2.45, 2.75) is 6.54 Å². The first-order valence-corrected chi connectivity index (χ1v) is 4.26. The predicted molar refractivity (Wildman–Crippen MR) is 49.6 cm³/mol. The molecule has 1 aromatic heterocycles. The smallest absolute Gasteiger partial charge is 0.448 e. The Labute approximate surface area is 80.8 Å². The Kier molecular flexibility index (Phi) is 3.52.